The van der Waals surface area contributed by atoms with Crippen LogP contribution in [0.4, 0.5) is 13.2 Å². The molecule has 1 fully saturated rings. The molecule has 2 N–H and O–H groups in total. The number of hydrogen-bond acceptors (Lipinski definition) is 2. The first-order chi connectivity index (χ1) is 10.9. The average Bonchev–Trinajstić information content (AvgIpc) is 3.30. The fourth-order valence-electron chi connectivity index (χ4n) is 2.57. The molecule has 0 heterocycles. The maximum absolute atomic E-state index is 12.2. The van der Waals surface area contributed by atoms with Gasteiger partial charge in [0.15, 0.2) is 5.96 Å². The zero-order valence-electron chi connectivity index (χ0n) is 13.3. The van der Waals surface area contributed by atoms with Crippen LogP contribution in [-0.2, 0) is 5.41 Å². The fraction of sp³-hybridized carbons (Fsp3) is 0.562. The van der Waals surface area contributed by atoms with Crippen LogP contribution in [0.5, 0.6) is 5.75 Å². The molecule has 1 aromatic carbocycles. The van der Waals surface area contributed by atoms with E-state index in [4.69, 9.17) is 4.74 Å². The number of aliphatic imine (C=N–C) groups is 1. The molecule has 0 spiro atoms. The zero-order chi connectivity index (χ0) is 16.9. The largest absolute Gasteiger partial charge is 0.496 e. The molecule has 1 aliphatic carbocycles. The molecule has 0 saturated heterocycles. The topological polar surface area (TPSA) is 45.7 Å². The van der Waals surface area contributed by atoms with E-state index in [-0.39, 0.29) is 12.0 Å². The van der Waals surface area contributed by atoms with Gasteiger partial charge in [0, 0.05) is 31.1 Å². The molecule has 1 aromatic rings. The molecule has 0 radical (unpaired) electrons. The molecule has 23 heavy (non-hydrogen) atoms. The summed E-state index contributed by atoms with van der Waals surface area (Å²) in [7, 11) is 3.19. The number of para-hydroxylation sites is 1. The Balaban J connectivity index is 1.91. The van der Waals surface area contributed by atoms with Gasteiger partial charge < -0.3 is 15.4 Å². The lowest BCUT2D eigenvalue weighted by atomic mass is 9.95. The Morgan fingerprint density at radius 1 is 1.26 bits per heavy atom. The molecule has 128 valence electrons. The number of rotatable bonds is 6. The second kappa shape index (κ2) is 7.10. The predicted octanol–water partition coefficient (Wildman–Crippen LogP) is 2.84. The van der Waals surface area contributed by atoms with Crippen LogP contribution in [0.3, 0.4) is 0 Å². The number of nitrogens with zero attached hydrogens (tertiary/aromatic N) is 1. The van der Waals surface area contributed by atoms with Crippen LogP contribution >= 0.6 is 0 Å². The zero-order valence-corrected chi connectivity index (χ0v) is 13.3. The third-order valence-corrected chi connectivity index (χ3v) is 4.05. The van der Waals surface area contributed by atoms with Crippen molar-refractivity contribution in [2.75, 3.05) is 27.2 Å². The molecule has 4 nitrogen and oxygen atoms in total. The van der Waals surface area contributed by atoms with E-state index in [1.54, 1.807) is 14.2 Å². The van der Waals surface area contributed by atoms with Crippen molar-refractivity contribution in [2.45, 2.75) is 30.9 Å². The summed E-state index contributed by atoms with van der Waals surface area (Å²) in [5.74, 6) is 1.22. The summed E-state index contributed by atoms with van der Waals surface area (Å²) in [5, 5.41) is 5.82. The van der Waals surface area contributed by atoms with Crippen LogP contribution in [0.1, 0.15) is 24.8 Å². The van der Waals surface area contributed by atoms with E-state index in [1.807, 2.05) is 24.3 Å². The normalized spacial score (nSPS) is 16.8. The van der Waals surface area contributed by atoms with Crippen LogP contribution in [0.2, 0.25) is 0 Å². The van der Waals surface area contributed by atoms with Crippen molar-refractivity contribution in [3.8, 4) is 5.75 Å². The molecule has 0 unspecified atom stereocenters. The number of ether oxygens (including phenoxy) is 1. The van der Waals surface area contributed by atoms with Crippen molar-refractivity contribution in [3.05, 3.63) is 29.8 Å². The Morgan fingerprint density at radius 2 is 1.96 bits per heavy atom. The van der Waals surface area contributed by atoms with Crippen molar-refractivity contribution in [3.63, 3.8) is 0 Å². The first-order valence-electron chi connectivity index (χ1n) is 7.55. The van der Waals surface area contributed by atoms with Gasteiger partial charge in [-0.25, -0.2) is 0 Å². The third-order valence-electron chi connectivity index (χ3n) is 4.05. The van der Waals surface area contributed by atoms with Gasteiger partial charge in [-0.15, -0.1) is 0 Å². The Morgan fingerprint density at radius 3 is 2.52 bits per heavy atom. The molecule has 0 amide bonds. The van der Waals surface area contributed by atoms with E-state index in [0.29, 0.717) is 12.5 Å². The Bertz CT molecular complexity index is 554. The molecule has 2 rings (SSSR count). The van der Waals surface area contributed by atoms with Crippen LogP contribution in [0, 0.1) is 0 Å². The Kier molecular flexibility index (Phi) is 5.38. The maximum Gasteiger partial charge on any atom is 0.390 e. The van der Waals surface area contributed by atoms with Gasteiger partial charge in [-0.3, -0.25) is 4.99 Å². The Hall–Kier alpha value is -1.92. The summed E-state index contributed by atoms with van der Waals surface area (Å²) in [4.78, 5) is 3.97. The van der Waals surface area contributed by atoms with E-state index in [0.717, 1.165) is 24.2 Å². The van der Waals surface area contributed by atoms with Crippen molar-refractivity contribution in [1.82, 2.24) is 10.6 Å². The highest BCUT2D eigenvalue weighted by Crippen LogP contribution is 2.50. The summed E-state index contributed by atoms with van der Waals surface area (Å²) in [6.07, 6.45) is -3.02. The summed E-state index contributed by atoms with van der Waals surface area (Å²) in [5.41, 5.74) is 1.09. The lowest BCUT2D eigenvalue weighted by Crippen LogP contribution is -2.42. The van der Waals surface area contributed by atoms with Gasteiger partial charge in [-0.2, -0.15) is 13.2 Å². The molecular formula is C16H22F3N3O. The molecule has 0 aliphatic heterocycles. The number of halogens is 3. The maximum atomic E-state index is 12.2. The summed E-state index contributed by atoms with van der Waals surface area (Å²) >= 11 is 0. The number of nitrogens with one attached hydrogen (secondary N) is 2. The van der Waals surface area contributed by atoms with Crippen molar-refractivity contribution >= 4 is 5.96 Å². The standard InChI is InChI=1S/C16H22F3N3O/c1-20-14(21-10-9-16(17,18)19)22-11-15(7-8-15)12-5-3-4-6-13(12)23-2/h3-6H,7-11H2,1-2H3,(H2,20,21,22). The van der Waals surface area contributed by atoms with Crippen molar-refractivity contribution in [2.24, 2.45) is 4.99 Å². The van der Waals surface area contributed by atoms with Gasteiger partial charge in [0.2, 0.25) is 0 Å². The second-order valence-electron chi connectivity index (χ2n) is 5.70. The monoisotopic (exact) mass is 329 g/mol. The lowest BCUT2D eigenvalue weighted by molar-refractivity contribution is -0.132. The minimum absolute atomic E-state index is 0.0335. The van der Waals surface area contributed by atoms with Gasteiger partial charge in [0.05, 0.1) is 13.5 Å². The fourth-order valence-corrected chi connectivity index (χ4v) is 2.57. The molecule has 0 aromatic heterocycles. The van der Waals surface area contributed by atoms with Gasteiger partial charge in [-0.1, -0.05) is 18.2 Å². The van der Waals surface area contributed by atoms with Crippen molar-refractivity contribution in [1.29, 1.82) is 0 Å². The predicted molar refractivity (Wildman–Crippen MR) is 83.9 cm³/mol. The first-order valence-corrected chi connectivity index (χ1v) is 7.55. The summed E-state index contributed by atoms with van der Waals surface area (Å²) in [6, 6.07) is 7.84. The van der Waals surface area contributed by atoms with E-state index in [2.05, 4.69) is 15.6 Å². The van der Waals surface area contributed by atoms with E-state index in [9.17, 15) is 13.2 Å². The SMILES string of the molecule is CN=C(NCCC(F)(F)F)NCC1(c2ccccc2OC)CC1. The second-order valence-corrected chi connectivity index (χ2v) is 5.70. The van der Waals surface area contributed by atoms with Crippen LogP contribution in [0.25, 0.3) is 0 Å². The number of guanidine groups is 1. The summed E-state index contributed by atoms with van der Waals surface area (Å²) in [6.45, 7) is 0.421. The van der Waals surface area contributed by atoms with Crippen LogP contribution < -0.4 is 15.4 Å². The number of benzene rings is 1. The van der Waals surface area contributed by atoms with Crippen molar-refractivity contribution < 1.29 is 17.9 Å². The van der Waals surface area contributed by atoms with Gasteiger partial charge in [0.1, 0.15) is 5.75 Å². The highest BCUT2D eigenvalue weighted by Gasteiger charge is 2.46. The molecule has 7 heteroatoms. The van der Waals surface area contributed by atoms with Crippen LogP contribution in [-0.4, -0.2) is 39.4 Å². The molecule has 1 aliphatic rings. The number of hydrogen-bond donors (Lipinski definition) is 2. The average molecular weight is 329 g/mol. The van der Waals surface area contributed by atoms with Gasteiger partial charge in [0.25, 0.3) is 0 Å². The van der Waals surface area contributed by atoms with E-state index < -0.39 is 12.6 Å². The number of alkyl halides is 3. The quantitative estimate of drug-likeness (QED) is 0.623. The van der Waals surface area contributed by atoms with Gasteiger partial charge in [-0.05, 0) is 18.9 Å². The lowest BCUT2D eigenvalue weighted by Gasteiger charge is -2.21. The summed E-state index contributed by atoms with van der Waals surface area (Å²) < 4.78 is 42.0. The third kappa shape index (κ3) is 4.77. The van der Waals surface area contributed by atoms with E-state index in [1.165, 1.54) is 0 Å². The molecule has 0 atom stereocenters. The molecule has 0 bridgehead atoms. The first kappa shape index (κ1) is 17.4. The van der Waals surface area contributed by atoms with E-state index >= 15 is 0 Å². The Labute approximate surface area is 134 Å². The number of methoxy groups -OCH3 is 1. The molecule has 1 saturated carbocycles. The minimum Gasteiger partial charge on any atom is -0.496 e. The highest BCUT2D eigenvalue weighted by molar-refractivity contribution is 5.79. The van der Waals surface area contributed by atoms with Gasteiger partial charge >= 0.3 is 6.18 Å². The highest BCUT2D eigenvalue weighted by atomic mass is 19.4. The minimum atomic E-state index is -4.17. The smallest absolute Gasteiger partial charge is 0.390 e. The molecular weight excluding hydrogens is 307 g/mol. The van der Waals surface area contributed by atoms with Crippen LogP contribution in [0.15, 0.2) is 29.3 Å².